The summed E-state index contributed by atoms with van der Waals surface area (Å²) in [4.78, 5) is 23.2. The van der Waals surface area contributed by atoms with Gasteiger partial charge >= 0.3 is 0 Å². The lowest BCUT2D eigenvalue weighted by molar-refractivity contribution is -0.123. The molecule has 112 valence electrons. The van der Waals surface area contributed by atoms with E-state index in [0.717, 1.165) is 0 Å². The van der Waals surface area contributed by atoms with Gasteiger partial charge in [-0.3, -0.25) is 9.59 Å². The van der Waals surface area contributed by atoms with E-state index in [4.69, 9.17) is 5.73 Å². The van der Waals surface area contributed by atoms with E-state index in [9.17, 15) is 9.59 Å². The summed E-state index contributed by atoms with van der Waals surface area (Å²) in [6.45, 7) is 6.36. The monoisotopic (exact) mass is 282 g/mol. The van der Waals surface area contributed by atoms with E-state index >= 15 is 0 Å². The minimum Gasteiger partial charge on any atom is -0.354 e. The maximum Gasteiger partial charge on any atom is 0.241 e. The van der Waals surface area contributed by atoms with Gasteiger partial charge in [0.05, 0.1) is 11.9 Å². The first kappa shape index (κ1) is 16.1. The maximum atomic E-state index is 11.6. The molecular formula is C12H22N6O2. The van der Waals surface area contributed by atoms with Crippen LogP contribution in [0.1, 0.15) is 32.9 Å². The Kier molecular flexibility index (Phi) is 5.63. The van der Waals surface area contributed by atoms with E-state index < -0.39 is 0 Å². The molecule has 1 heterocycles. The molecule has 4 N–H and O–H groups in total. The van der Waals surface area contributed by atoms with Crippen LogP contribution >= 0.6 is 0 Å². The smallest absolute Gasteiger partial charge is 0.241 e. The van der Waals surface area contributed by atoms with Crippen LogP contribution in [0.4, 0.5) is 0 Å². The van der Waals surface area contributed by atoms with Gasteiger partial charge < -0.3 is 16.4 Å². The molecule has 0 aliphatic carbocycles. The van der Waals surface area contributed by atoms with Crippen molar-refractivity contribution in [1.29, 1.82) is 0 Å². The zero-order chi connectivity index (χ0) is 15.2. The summed E-state index contributed by atoms with van der Waals surface area (Å²) in [5.41, 5.74) is 5.76. The molecule has 1 rings (SSSR count). The van der Waals surface area contributed by atoms with Crippen molar-refractivity contribution >= 4 is 11.8 Å². The largest absolute Gasteiger partial charge is 0.354 e. The SMILES string of the molecule is CC(C)(C)NC(=O)CCNC(=O)Cn1cc(CN)nn1. The number of nitrogens with one attached hydrogen (secondary N) is 2. The van der Waals surface area contributed by atoms with Crippen molar-refractivity contribution in [2.75, 3.05) is 6.54 Å². The van der Waals surface area contributed by atoms with Gasteiger partial charge in [0.2, 0.25) is 11.8 Å². The first-order valence-corrected chi connectivity index (χ1v) is 6.47. The summed E-state index contributed by atoms with van der Waals surface area (Å²) < 4.78 is 1.41. The number of carbonyl (C=O) groups excluding carboxylic acids is 2. The third-order valence-corrected chi connectivity index (χ3v) is 2.29. The fraction of sp³-hybridized carbons (Fsp3) is 0.667. The molecule has 0 aromatic carbocycles. The molecule has 0 atom stereocenters. The Labute approximate surface area is 118 Å². The van der Waals surface area contributed by atoms with E-state index in [1.165, 1.54) is 4.68 Å². The number of nitrogens with zero attached hydrogens (tertiary/aromatic N) is 3. The summed E-state index contributed by atoms with van der Waals surface area (Å²) in [5.74, 6) is -0.314. The Morgan fingerprint density at radius 3 is 2.60 bits per heavy atom. The summed E-state index contributed by atoms with van der Waals surface area (Å²) in [6, 6.07) is 0. The molecule has 0 aliphatic heterocycles. The van der Waals surface area contributed by atoms with E-state index in [0.29, 0.717) is 12.2 Å². The Hall–Kier alpha value is -1.96. The second-order valence-electron chi connectivity index (χ2n) is 5.51. The normalized spacial score (nSPS) is 11.2. The lowest BCUT2D eigenvalue weighted by Gasteiger charge is -2.20. The Morgan fingerprint density at radius 1 is 1.35 bits per heavy atom. The Morgan fingerprint density at radius 2 is 2.05 bits per heavy atom. The molecule has 8 heteroatoms. The molecule has 0 fully saturated rings. The molecular weight excluding hydrogens is 260 g/mol. The lowest BCUT2D eigenvalue weighted by Crippen LogP contribution is -2.42. The van der Waals surface area contributed by atoms with Gasteiger partial charge in [-0.15, -0.1) is 5.10 Å². The second kappa shape index (κ2) is 6.99. The van der Waals surface area contributed by atoms with Crippen molar-refractivity contribution in [3.63, 3.8) is 0 Å². The molecule has 0 unspecified atom stereocenters. The molecule has 1 aromatic heterocycles. The Balaban J connectivity index is 2.25. The zero-order valence-corrected chi connectivity index (χ0v) is 12.1. The molecule has 1 aromatic rings. The van der Waals surface area contributed by atoms with Crippen molar-refractivity contribution in [2.24, 2.45) is 5.73 Å². The molecule has 0 spiro atoms. The number of hydrogen-bond acceptors (Lipinski definition) is 5. The van der Waals surface area contributed by atoms with Gasteiger partial charge in [-0.05, 0) is 20.8 Å². The lowest BCUT2D eigenvalue weighted by atomic mass is 10.1. The van der Waals surface area contributed by atoms with Crippen molar-refractivity contribution in [1.82, 2.24) is 25.6 Å². The van der Waals surface area contributed by atoms with Crippen molar-refractivity contribution in [3.8, 4) is 0 Å². The minimum absolute atomic E-state index is 0.0634. The second-order valence-corrected chi connectivity index (χ2v) is 5.51. The predicted molar refractivity (Wildman–Crippen MR) is 73.4 cm³/mol. The highest BCUT2D eigenvalue weighted by molar-refractivity contribution is 5.79. The summed E-state index contributed by atoms with van der Waals surface area (Å²) in [6.07, 6.45) is 1.86. The molecule has 0 radical (unpaired) electrons. The van der Waals surface area contributed by atoms with Gasteiger partial charge in [0.25, 0.3) is 0 Å². The van der Waals surface area contributed by atoms with E-state index in [1.807, 2.05) is 20.8 Å². The average molecular weight is 282 g/mol. The zero-order valence-electron chi connectivity index (χ0n) is 12.1. The van der Waals surface area contributed by atoms with Crippen molar-refractivity contribution < 1.29 is 9.59 Å². The average Bonchev–Trinajstić information content (AvgIpc) is 2.74. The van der Waals surface area contributed by atoms with Gasteiger partial charge in [-0.25, -0.2) is 4.68 Å². The highest BCUT2D eigenvalue weighted by atomic mass is 16.2. The van der Waals surface area contributed by atoms with Gasteiger partial charge in [-0.2, -0.15) is 0 Å². The summed E-state index contributed by atoms with van der Waals surface area (Å²) in [7, 11) is 0. The first-order valence-electron chi connectivity index (χ1n) is 6.47. The van der Waals surface area contributed by atoms with Crippen molar-refractivity contribution in [3.05, 3.63) is 11.9 Å². The number of aromatic nitrogens is 3. The molecule has 2 amide bonds. The molecule has 0 bridgehead atoms. The highest BCUT2D eigenvalue weighted by Gasteiger charge is 2.13. The molecule has 0 aliphatic rings. The standard InChI is InChI=1S/C12H22N6O2/c1-12(2,3)15-10(19)4-5-14-11(20)8-18-7-9(6-13)16-17-18/h7H,4-6,8,13H2,1-3H3,(H,14,20)(H,15,19). The van der Waals surface area contributed by atoms with Crippen LogP contribution in [-0.4, -0.2) is 38.9 Å². The third-order valence-electron chi connectivity index (χ3n) is 2.29. The number of rotatable bonds is 6. The van der Waals surface area contributed by atoms with Crippen LogP contribution in [-0.2, 0) is 22.7 Å². The highest BCUT2D eigenvalue weighted by Crippen LogP contribution is 1.98. The summed E-state index contributed by atoms with van der Waals surface area (Å²) >= 11 is 0. The van der Waals surface area contributed by atoms with Gasteiger partial charge in [0.1, 0.15) is 6.54 Å². The van der Waals surface area contributed by atoms with Crippen LogP contribution in [0.5, 0.6) is 0 Å². The maximum absolute atomic E-state index is 11.6. The number of nitrogens with two attached hydrogens (primary N) is 1. The first-order chi connectivity index (χ1) is 9.30. The number of carbonyl (C=O) groups is 2. The molecule has 8 nitrogen and oxygen atoms in total. The van der Waals surface area contributed by atoms with Crippen LogP contribution in [0.3, 0.4) is 0 Å². The molecule has 0 saturated heterocycles. The fourth-order valence-electron chi connectivity index (χ4n) is 1.51. The van der Waals surface area contributed by atoms with Crippen LogP contribution in [0.25, 0.3) is 0 Å². The van der Waals surface area contributed by atoms with E-state index in [-0.39, 0.29) is 36.9 Å². The van der Waals surface area contributed by atoms with E-state index in [1.54, 1.807) is 6.20 Å². The number of hydrogen-bond donors (Lipinski definition) is 3. The molecule has 0 saturated carbocycles. The quantitative estimate of drug-likeness (QED) is 0.629. The summed E-state index contributed by atoms with van der Waals surface area (Å²) in [5, 5.41) is 13.0. The van der Waals surface area contributed by atoms with Gasteiger partial charge in [-0.1, -0.05) is 5.21 Å². The van der Waals surface area contributed by atoms with Crippen molar-refractivity contribution in [2.45, 2.75) is 45.8 Å². The van der Waals surface area contributed by atoms with Crippen LogP contribution in [0, 0.1) is 0 Å². The number of amides is 2. The van der Waals surface area contributed by atoms with Crippen LogP contribution < -0.4 is 16.4 Å². The van der Waals surface area contributed by atoms with Crippen LogP contribution in [0.2, 0.25) is 0 Å². The van der Waals surface area contributed by atoms with Crippen LogP contribution in [0.15, 0.2) is 6.20 Å². The topological polar surface area (TPSA) is 115 Å². The third kappa shape index (κ3) is 6.28. The van der Waals surface area contributed by atoms with E-state index in [2.05, 4.69) is 20.9 Å². The van der Waals surface area contributed by atoms with Gasteiger partial charge in [0.15, 0.2) is 0 Å². The Bertz CT molecular complexity index is 463. The minimum atomic E-state index is -0.263. The van der Waals surface area contributed by atoms with Gasteiger partial charge in [0, 0.05) is 25.0 Å². The molecule has 20 heavy (non-hydrogen) atoms. The predicted octanol–water partition coefficient (Wildman–Crippen LogP) is -0.842. The fourth-order valence-corrected chi connectivity index (χ4v) is 1.51.